The van der Waals surface area contributed by atoms with Crippen molar-refractivity contribution in [3.63, 3.8) is 0 Å². The zero-order chi connectivity index (χ0) is 17.6. The molecule has 0 saturated heterocycles. The van der Waals surface area contributed by atoms with Gasteiger partial charge in [-0.25, -0.2) is 0 Å². The molecule has 1 rings (SSSR count). The number of esters is 1. The monoisotopic (exact) mass is 339 g/mol. The minimum Gasteiger partial charge on any atom is -0.466 e. The Labute approximate surface area is 127 Å². The molecule has 1 aromatic carbocycles. The molecule has 5 nitrogen and oxygen atoms in total. The van der Waals surface area contributed by atoms with Crippen molar-refractivity contribution >= 4 is 5.97 Å². The molecule has 0 amide bonds. The van der Waals surface area contributed by atoms with Crippen molar-refractivity contribution in [1.29, 1.82) is 5.26 Å². The van der Waals surface area contributed by atoms with E-state index in [1.54, 1.807) is 0 Å². The van der Waals surface area contributed by atoms with Gasteiger partial charge in [-0.05, 0) is 13.0 Å². The molecule has 0 N–H and O–H groups in total. The fourth-order valence-electron chi connectivity index (χ4n) is 1.65. The van der Waals surface area contributed by atoms with Gasteiger partial charge in [0, 0.05) is 11.6 Å². The predicted molar refractivity (Wildman–Crippen MR) is 64.8 cm³/mol. The van der Waals surface area contributed by atoms with Crippen molar-refractivity contribution in [3.8, 4) is 17.6 Å². The second-order valence-corrected chi connectivity index (χ2v) is 3.97. The average molecular weight is 339 g/mol. The number of hydrogen-bond donors (Lipinski definition) is 0. The molecule has 0 radical (unpaired) electrons. The van der Waals surface area contributed by atoms with Crippen molar-refractivity contribution < 1.29 is 41.0 Å². The molecule has 0 bridgehead atoms. The number of halogens is 5. The van der Waals surface area contributed by atoms with Gasteiger partial charge >= 0.3 is 18.9 Å². The first-order valence-corrected chi connectivity index (χ1v) is 6.09. The molecular weight excluding hydrogens is 329 g/mol. The lowest BCUT2D eigenvalue weighted by Crippen LogP contribution is -2.18. The van der Waals surface area contributed by atoms with Crippen LogP contribution in [0.15, 0.2) is 12.1 Å². The maximum absolute atomic E-state index is 12.4. The summed E-state index contributed by atoms with van der Waals surface area (Å²) in [6, 6.07) is 2.69. The van der Waals surface area contributed by atoms with Crippen LogP contribution in [0.5, 0.6) is 11.5 Å². The van der Waals surface area contributed by atoms with Crippen LogP contribution in [0.2, 0.25) is 0 Å². The summed E-state index contributed by atoms with van der Waals surface area (Å²) >= 11 is 0. The van der Waals surface area contributed by atoms with Gasteiger partial charge in [-0.3, -0.25) is 4.79 Å². The molecule has 0 saturated carbocycles. The van der Waals surface area contributed by atoms with Crippen molar-refractivity contribution in [2.75, 3.05) is 6.61 Å². The third kappa shape index (κ3) is 5.98. The van der Waals surface area contributed by atoms with Gasteiger partial charge in [-0.1, -0.05) is 0 Å². The van der Waals surface area contributed by atoms with Gasteiger partial charge in [0.15, 0.2) is 0 Å². The van der Waals surface area contributed by atoms with Crippen LogP contribution in [0.25, 0.3) is 0 Å². The molecule has 126 valence electrons. The lowest BCUT2D eigenvalue weighted by molar-refractivity contribution is -0.274. The molecule has 0 aliphatic carbocycles. The third-order valence-electron chi connectivity index (χ3n) is 2.38. The van der Waals surface area contributed by atoms with E-state index >= 15 is 0 Å². The molecule has 10 heteroatoms. The van der Waals surface area contributed by atoms with E-state index in [0.29, 0.717) is 12.1 Å². The molecule has 1 aromatic rings. The Morgan fingerprint density at radius 1 is 1.35 bits per heavy atom. The van der Waals surface area contributed by atoms with Crippen molar-refractivity contribution in [2.45, 2.75) is 26.3 Å². The van der Waals surface area contributed by atoms with Crippen LogP contribution in [0, 0.1) is 11.3 Å². The molecule has 23 heavy (non-hydrogen) atoms. The van der Waals surface area contributed by atoms with Crippen LogP contribution in [-0.2, 0) is 16.0 Å². The summed E-state index contributed by atoms with van der Waals surface area (Å²) < 4.78 is 73.7. The van der Waals surface area contributed by atoms with Crippen molar-refractivity contribution in [2.24, 2.45) is 0 Å². The van der Waals surface area contributed by atoms with Crippen molar-refractivity contribution in [1.82, 2.24) is 0 Å². The summed E-state index contributed by atoms with van der Waals surface area (Å²) in [5, 5.41) is 8.96. The van der Waals surface area contributed by atoms with Crippen LogP contribution in [0.1, 0.15) is 18.1 Å². The van der Waals surface area contributed by atoms with E-state index in [9.17, 15) is 26.7 Å². The molecule has 0 aliphatic heterocycles. The smallest absolute Gasteiger partial charge is 0.466 e. The summed E-state index contributed by atoms with van der Waals surface area (Å²) in [6.07, 6.45) is -5.71. The Balaban J connectivity index is 3.30. The van der Waals surface area contributed by atoms with E-state index in [1.165, 1.54) is 13.0 Å². The normalized spacial score (nSPS) is 11.0. The molecule has 0 heterocycles. The minimum atomic E-state index is -5.09. The van der Waals surface area contributed by atoms with E-state index < -0.39 is 42.4 Å². The van der Waals surface area contributed by atoms with E-state index in [2.05, 4.69) is 14.2 Å². The van der Waals surface area contributed by atoms with Crippen LogP contribution in [0.3, 0.4) is 0 Å². The van der Waals surface area contributed by atoms with Crippen LogP contribution in [-0.4, -0.2) is 25.6 Å². The van der Waals surface area contributed by atoms with Crippen LogP contribution < -0.4 is 9.47 Å². The molecule has 0 unspecified atom stereocenters. The Kier molecular flexibility index (Phi) is 6.12. The largest absolute Gasteiger partial charge is 0.573 e. The van der Waals surface area contributed by atoms with Crippen molar-refractivity contribution in [3.05, 3.63) is 23.3 Å². The Morgan fingerprint density at radius 2 is 2.00 bits per heavy atom. The highest BCUT2D eigenvalue weighted by molar-refractivity contribution is 5.75. The van der Waals surface area contributed by atoms with E-state index in [-0.39, 0.29) is 12.2 Å². The number of nitriles is 1. The number of rotatable bonds is 6. The zero-order valence-electron chi connectivity index (χ0n) is 11.6. The summed E-state index contributed by atoms with van der Waals surface area (Å²) in [4.78, 5) is 11.4. The van der Waals surface area contributed by atoms with Gasteiger partial charge in [0.25, 0.3) is 0 Å². The van der Waals surface area contributed by atoms with Gasteiger partial charge in [0.2, 0.25) is 0 Å². The first kappa shape index (κ1) is 18.5. The second-order valence-electron chi connectivity index (χ2n) is 3.97. The molecule has 0 atom stereocenters. The quantitative estimate of drug-likeness (QED) is 0.588. The van der Waals surface area contributed by atoms with Gasteiger partial charge < -0.3 is 14.2 Å². The van der Waals surface area contributed by atoms with Gasteiger partial charge in [0.1, 0.15) is 11.5 Å². The Morgan fingerprint density at radius 3 is 2.48 bits per heavy atom. The summed E-state index contributed by atoms with van der Waals surface area (Å²) in [5.74, 6) is -2.55. The lowest BCUT2D eigenvalue weighted by atomic mass is 10.0. The van der Waals surface area contributed by atoms with E-state index in [1.807, 2.05) is 0 Å². The topological polar surface area (TPSA) is 68.6 Å². The summed E-state index contributed by atoms with van der Waals surface area (Å²) in [5.41, 5.74) is -0.795. The molecule has 0 spiro atoms. The Hall–Kier alpha value is -2.57. The molecule has 0 aliphatic rings. The van der Waals surface area contributed by atoms with Crippen LogP contribution >= 0.6 is 0 Å². The Bertz CT molecular complexity index is 610. The minimum absolute atomic E-state index is 0.00102. The number of alkyl halides is 5. The standard InChI is InChI=1S/C13H10F5NO4/c1-2-21-11(20)5-9-7(6-19)3-8(23-13(16,17)18)4-10(9)22-12(14)15/h3-4,12H,2,5H2,1H3. The van der Waals surface area contributed by atoms with Crippen LogP contribution in [0.4, 0.5) is 22.0 Å². The molecular formula is C13H10F5NO4. The second kappa shape index (κ2) is 7.62. The van der Waals surface area contributed by atoms with Gasteiger partial charge in [0.05, 0.1) is 24.7 Å². The average Bonchev–Trinajstić information content (AvgIpc) is 2.39. The highest BCUT2D eigenvalue weighted by Gasteiger charge is 2.32. The predicted octanol–water partition coefficient (Wildman–Crippen LogP) is 3.16. The molecule has 0 aromatic heterocycles. The highest BCUT2D eigenvalue weighted by atomic mass is 19.4. The first-order valence-electron chi connectivity index (χ1n) is 6.09. The number of benzene rings is 1. The molecule has 0 fully saturated rings. The number of ether oxygens (including phenoxy) is 3. The zero-order valence-corrected chi connectivity index (χ0v) is 11.6. The number of hydrogen-bond acceptors (Lipinski definition) is 5. The van der Waals surface area contributed by atoms with Gasteiger partial charge in [-0.15, -0.1) is 13.2 Å². The number of carbonyl (C=O) groups is 1. The van der Waals surface area contributed by atoms with E-state index in [4.69, 9.17) is 5.26 Å². The maximum Gasteiger partial charge on any atom is 0.573 e. The highest BCUT2D eigenvalue weighted by Crippen LogP contribution is 2.33. The third-order valence-corrected chi connectivity index (χ3v) is 2.38. The first-order chi connectivity index (χ1) is 10.7. The lowest BCUT2D eigenvalue weighted by Gasteiger charge is -2.15. The van der Waals surface area contributed by atoms with E-state index in [0.717, 1.165) is 0 Å². The summed E-state index contributed by atoms with van der Waals surface area (Å²) in [7, 11) is 0. The SMILES string of the molecule is CCOC(=O)Cc1c(C#N)cc(OC(F)(F)F)cc1OC(F)F. The fraction of sp³-hybridized carbons (Fsp3) is 0.385. The number of carbonyl (C=O) groups excluding carboxylic acids is 1. The maximum atomic E-state index is 12.4. The number of nitrogens with zero attached hydrogens (tertiary/aromatic N) is 1. The fourth-order valence-corrected chi connectivity index (χ4v) is 1.65. The van der Waals surface area contributed by atoms with Gasteiger partial charge in [-0.2, -0.15) is 14.0 Å². The summed E-state index contributed by atoms with van der Waals surface area (Å²) in [6.45, 7) is -1.87.